The van der Waals surface area contributed by atoms with Gasteiger partial charge in [-0.05, 0) is 49.2 Å². The second-order valence-electron chi connectivity index (χ2n) is 7.20. The van der Waals surface area contributed by atoms with Crippen LogP contribution in [0.1, 0.15) is 18.4 Å². The Morgan fingerprint density at radius 2 is 2.13 bits per heavy atom. The van der Waals surface area contributed by atoms with Crippen LogP contribution < -0.4 is 16.0 Å². The molecular formula is C22H23ClN6O. The predicted octanol–water partition coefficient (Wildman–Crippen LogP) is 3.74. The molecule has 154 valence electrons. The summed E-state index contributed by atoms with van der Waals surface area (Å²) in [6, 6.07) is 11.4. The molecule has 3 aromatic heterocycles. The van der Waals surface area contributed by atoms with Gasteiger partial charge in [0.1, 0.15) is 11.6 Å². The van der Waals surface area contributed by atoms with E-state index in [-0.39, 0.29) is 11.8 Å². The number of hydrogen-bond acceptors (Lipinski definition) is 6. The van der Waals surface area contributed by atoms with E-state index in [1.807, 2.05) is 36.5 Å². The summed E-state index contributed by atoms with van der Waals surface area (Å²) in [5.41, 5.74) is 2.48. The van der Waals surface area contributed by atoms with Gasteiger partial charge in [0.05, 0.1) is 16.6 Å². The standard InChI is InChI=1S/C22H23ClN6O/c23-18-14-27-21(29-22(30)16-5-3-9-25-13-16)10-17(18)19-6-1-7-20(28-19)26-12-15-4-2-8-24-11-15/h1-2,4,6-8,10-11,14,16,25H,3,5,9,12-13H2,(H,26,28)(H,27,29,30)/t16-/m1/s1. The number of hydrogen-bond donors (Lipinski definition) is 3. The van der Waals surface area contributed by atoms with Gasteiger partial charge in [-0.1, -0.05) is 23.7 Å². The molecular weight excluding hydrogens is 400 g/mol. The molecule has 0 radical (unpaired) electrons. The minimum absolute atomic E-state index is 0.0252. The number of carbonyl (C=O) groups is 1. The minimum atomic E-state index is -0.0437. The summed E-state index contributed by atoms with van der Waals surface area (Å²) in [7, 11) is 0. The molecule has 1 aliphatic rings. The lowest BCUT2D eigenvalue weighted by Gasteiger charge is -2.21. The van der Waals surface area contributed by atoms with Gasteiger partial charge in [-0.3, -0.25) is 9.78 Å². The molecule has 4 heterocycles. The third-order valence-corrected chi connectivity index (χ3v) is 5.30. The first-order valence-electron chi connectivity index (χ1n) is 9.96. The van der Waals surface area contributed by atoms with Crippen LogP contribution >= 0.6 is 11.6 Å². The minimum Gasteiger partial charge on any atom is -0.366 e. The Hall–Kier alpha value is -3.03. The van der Waals surface area contributed by atoms with Gasteiger partial charge in [0.2, 0.25) is 5.91 Å². The highest BCUT2D eigenvalue weighted by Crippen LogP contribution is 2.29. The van der Waals surface area contributed by atoms with Crippen molar-refractivity contribution in [2.45, 2.75) is 19.4 Å². The number of piperidine rings is 1. The lowest BCUT2D eigenvalue weighted by Crippen LogP contribution is -2.37. The molecule has 7 nitrogen and oxygen atoms in total. The van der Waals surface area contributed by atoms with E-state index < -0.39 is 0 Å². The number of halogens is 1. The molecule has 1 aliphatic heterocycles. The molecule has 3 N–H and O–H groups in total. The lowest BCUT2D eigenvalue weighted by atomic mass is 9.99. The molecule has 0 saturated carbocycles. The van der Waals surface area contributed by atoms with Gasteiger partial charge < -0.3 is 16.0 Å². The number of rotatable bonds is 6. The zero-order valence-electron chi connectivity index (χ0n) is 16.4. The Morgan fingerprint density at radius 1 is 1.20 bits per heavy atom. The number of amides is 1. The van der Waals surface area contributed by atoms with Crippen LogP contribution in [0.25, 0.3) is 11.3 Å². The van der Waals surface area contributed by atoms with E-state index in [2.05, 4.69) is 30.9 Å². The highest BCUT2D eigenvalue weighted by molar-refractivity contribution is 6.33. The predicted molar refractivity (Wildman–Crippen MR) is 118 cm³/mol. The number of aromatic nitrogens is 3. The van der Waals surface area contributed by atoms with Crippen LogP contribution in [-0.2, 0) is 11.3 Å². The smallest absolute Gasteiger partial charge is 0.229 e. The van der Waals surface area contributed by atoms with Crippen LogP contribution in [0.4, 0.5) is 11.6 Å². The first-order valence-corrected chi connectivity index (χ1v) is 10.3. The van der Waals surface area contributed by atoms with Crippen molar-refractivity contribution in [3.8, 4) is 11.3 Å². The maximum atomic E-state index is 12.5. The fourth-order valence-corrected chi connectivity index (χ4v) is 3.59. The van der Waals surface area contributed by atoms with E-state index in [9.17, 15) is 4.79 Å². The summed E-state index contributed by atoms with van der Waals surface area (Å²) in [5.74, 6) is 1.13. The molecule has 30 heavy (non-hydrogen) atoms. The summed E-state index contributed by atoms with van der Waals surface area (Å²) in [6.45, 7) is 2.27. The zero-order valence-corrected chi connectivity index (χ0v) is 17.2. The molecule has 0 spiro atoms. The quantitative estimate of drug-likeness (QED) is 0.560. The molecule has 1 atom stereocenters. The number of nitrogens with one attached hydrogen (secondary N) is 3. The van der Waals surface area contributed by atoms with Gasteiger partial charge in [0, 0.05) is 37.2 Å². The van der Waals surface area contributed by atoms with Gasteiger partial charge in [-0.15, -0.1) is 0 Å². The van der Waals surface area contributed by atoms with E-state index in [1.54, 1.807) is 18.5 Å². The summed E-state index contributed by atoms with van der Waals surface area (Å²) >= 11 is 6.39. The number of carbonyl (C=O) groups excluding carboxylic acids is 1. The summed E-state index contributed by atoms with van der Waals surface area (Å²) in [4.78, 5) is 25.6. The Labute approximate surface area is 180 Å². The van der Waals surface area contributed by atoms with Crippen molar-refractivity contribution in [3.63, 3.8) is 0 Å². The SMILES string of the molecule is O=C(Nc1cc(-c2cccc(NCc3cccnc3)n2)c(Cl)cn1)[C@@H]1CCCNC1. The molecule has 0 aliphatic carbocycles. The lowest BCUT2D eigenvalue weighted by molar-refractivity contribution is -0.120. The van der Waals surface area contributed by atoms with Crippen LogP contribution in [0.15, 0.2) is 55.0 Å². The van der Waals surface area contributed by atoms with Gasteiger partial charge in [0.15, 0.2) is 0 Å². The Bertz CT molecular complexity index is 1010. The summed E-state index contributed by atoms with van der Waals surface area (Å²) in [5, 5.41) is 9.94. The zero-order chi connectivity index (χ0) is 20.8. The van der Waals surface area contributed by atoms with Gasteiger partial charge >= 0.3 is 0 Å². The average Bonchev–Trinajstić information content (AvgIpc) is 2.80. The highest BCUT2D eigenvalue weighted by atomic mass is 35.5. The second kappa shape index (κ2) is 9.65. The molecule has 4 rings (SSSR count). The van der Waals surface area contributed by atoms with Crippen molar-refractivity contribution >= 4 is 29.1 Å². The largest absolute Gasteiger partial charge is 0.366 e. The summed E-state index contributed by atoms with van der Waals surface area (Å²) < 4.78 is 0. The van der Waals surface area contributed by atoms with Crippen molar-refractivity contribution in [1.82, 2.24) is 20.3 Å². The first-order chi connectivity index (χ1) is 14.7. The van der Waals surface area contributed by atoms with Gasteiger partial charge in [-0.25, -0.2) is 9.97 Å². The van der Waals surface area contributed by atoms with Crippen molar-refractivity contribution in [1.29, 1.82) is 0 Å². The average molecular weight is 423 g/mol. The van der Waals surface area contributed by atoms with Crippen molar-refractivity contribution in [2.75, 3.05) is 23.7 Å². The van der Waals surface area contributed by atoms with Crippen molar-refractivity contribution < 1.29 is 4.79 Å². The van der Waals surface area contributed by atoms with Crippen LogP contribution in [0, 0.1) is 5.92 Å². The van der Waals surface area contributed by atoms with Crippen LogP contribution in [0.2, 0.25) is 5.02 Å². The fourth-order valence-electron chi connectivity index (χ4n) is 3.39. The Kier molecular flexibility index (Phi) is 6.51. The maximum Gasteiger partial charge on any atom is 0.229 e. The normalized spacial score (nSPS) is 16.1. The van der Waals surface area contributed by atoms with Crippen molar-refractivity contribution in [3.05, 3.63) is 65.6 Å². The van der Waals surface area contributed by atoms with Crippen LogP contribution in [-0.4, -0.2) is 33.9 Å². The third-order valence-electron chi connectivity index (χ3n) is 5.00. The molecule has 0 aromatic carbocycles. The van der Waals surface area contributed by atoms with Crippen molar-refractivity contribution in [2.24, 2.45) is 5.92 Å². The highest BCUT2D eigenvalue weighted by Gasteiger charge is 2.21. The molecule has 0 bridgehead atoms. The maximum absolute atomic E-state index is 12.5. The van der Waals surface area contributed by atoms with Crippen LogP contribution in [0.3, 0.4) is 0 Å². The van der Waals surface area contributed by atoms with E-state index >= 15 is 0 Å². The van der Waals surface area contributed by atoms with Gasteiger partial charge in [0.25, 0.3) is 0 Å². The fraction of sp³-hybridized carbons (Fsp3) is 0.273. The van der Waals surface area contributed by atoms with E-state index in [0.29, 0.717) is 35.2 Å². The monoisotopic (exact) mass is 422 g/mol. The summed E-state index contributed by atoms with van der Waals surface area (Å²) in [6.07, 6.45) is 6.98. The molecule has 3 aromatic rings. The van der Waals surface area contributed by atoms with E-state index in [4.69, 9.17) is 11.6 Å². The number of pyridine rings is 3. The second-order valence-corrected chi connectivity index (χ2v) is 7.61. The first kappa shape index (κ1) is 20.3. The van der Waals surface area contributed by atoms with E-state index in [1.165, 1.54) is 0 Å². The van der Waals surface area contributed by atoms with Gasteiger partial charge in [-0.2, -0.15) is 0 Å². The Balaban J connectivity index is 1.49. The Morgan fingerprint density at radius 3 is 2.93 bits per heavy atom. The molecule has 1 fully saturated rings. The molecule has 0 unspecified atom stereocenters. The van der Waals surface area contributed by atoms with E-state index in [0.717, 1.165) is 30.8 Å². The topological polar surface area (TPSA) is 91.8 Å². The molecule has 1 saturated heterocycles. The molecule has 8 heteroatoms. The third kappa shape index (κ3) is 5.11. The van der Waals surface area contributed by atoms with Crippen LogP contribution in [0.5, 0.6) is 0 Å². The number of anilines is 2. The number of nitrogens with zero attached hydrogens (tertiary/aromatic N) is 3. The molecule has 1 amide bonds.